The Kier molecular flexibility index (Phi) is 34.9. The van der Waals surface area contributed by atoms with E-state index < -0.39 is 10.0 Å². The zero-order valence-electron chi connectivity index (χ0n) is 63.6. The molecule has 12 aromatic rings. The molecule has 0 spiro atoms. The van der Waals surface area contributed by atoms with Crippen molar-refractivity contribution in [1.29, 1.82) is 5.26 Å². The number of morpholine rings is 2. The highest BCUT2D eigenvalue weighted by molar-refractivity contribution is 7.89. The number of hydrogen-bond donors (Lipinski definition) is 12. The van der Waals surface area contributed by atoms with Crippen LogP contribution in [0.25, 0.3) is 0 Å². The number of aromatic amines is 6. The van der Waals surface area contributed by atoms with E-state index in [1.54, 1.807) is 105 Å². The summed E-state index contributed by atoms with van der Waals surface area (Å²) in [5, 5.41) is 58.3. The number of likely N-dealkylation sites (N-methyl/N-ethyl adjacent to an activating group) is 1. The highest BCUT2D eigenvalue weighted by Gasteiger charge is 2.19. The molecule has 115 heavy (non-hydrogen) atoms. The Morgan fingerprint density at radius 2 is 1.03 bits per heavy atom. The first-order valence-corrected chi connectivity index (χ1v) is 40.3. The molecule has 608 valence electrons. The SMILES string of the molecule is CN(C)S(=O)(=O)CCc1cc(Cl)ccc1Nc1cnc[nH]1.CN1CCN(CCOc2cc(Cl)ccc2Nc2cn[nH]n2)CC1.Clc1ccc(Nc2cn[nH]n2)c(CCCN2CCOCC2)c1.Clc1ccc(Nc2cnc[nH]2)c(CCN2CCOCC2)c1.Fc1cccc(Nc2cnc[nH]2)c1.N#Cc1cc(Nc2ccn[nH]2)ccc1Cl. The number of nitriles is 1. The third kappa shape index (κ3) is 30.4. The molecular weight excluding hydrogens is 1600 g/mol. The van der Waals surface area contributed by atoms with Crippen LogP contribution in [0.15, 0.2) is 177 Å². The molecule has 6 aromatic carbocycles. The van der Waals surface area contributed by atoms with Crippen LogP contribution in [-0.2, 0) is 38.8 Å². The van der Waals surface area contributed by atoms with Crippen molar-refractivity contribution < 1.29 is 27.0 Å². The standard InChI is InChI=1S/C15H21ClN6O.C15H20ClN5O.C15H19ClN4O.C13H17ClN4O2S.C10H7ClN4.C9H8FN3/c1-21-4-6-22(7-5-21)8-9-23-14-10-12(16)2-3-13(14)18-15-11-17-20-19-15;16-13-3-4-14(18-15-11-17-20-19-15)12(10-13)2-1-5-21-6-8-22-9-7-21;16-13-1-2-14(19-15-10-17-11-18-15)12(9-13)3-4-20-5-7-21-8-6-20;1-18(2)21(19,20)6-5-10-7-11(14)3-4-12(10)17-13-8-15-9-16-13;11-9-2-1-8(5-7(9)6-12)14-10-3-4-13-15-10;10-7-2-1-3-8(4-7)13-9-5-11-6-12-9/h2-3,10-11H,4-9H2,1H3,(H2,17,18,19,20);3-4,10-11H,1-2,5-9H2,(H2,17,18,19,20);1-2,9-11,19H,3-8H2,(H,17,18);3-4,7-9,17H,5-6H2,1-2H3,(H,15,16);1-5H,(H2,13,14,15);1-6,13H,(H,11,12). The van der Waals surface area contributed by atoms with Gasteiger partial charge in [-0.25, -0.2) is 32.1 Å². The first-order valence-electron chi connectivity index (χ1n) is 36.8. The van der Waals surface area contributed by atoms with Crippen LogP contribution >= 0.6 is 58.0 Å². The summed E-state index contributed by atoms with van der Waals surface area (Å²) in [6.45, 7) is 15.4. The lowest BCUT2D eigenvalue weighted by atomic mass is 10.1. The van der Waals surface area contributed by atoms with E-state index in [0.29, 0.717) is 51.0 Å². The third-order valence-electron chi connectivity index (χ3n) is 17.8. The predicted molar refractivity (Wildman–Crippen MR) is 452 cm³/mol. The molecule has 9 heterocycles. The molecule has 0 radical (unpaired) electrons. The molecule has 3 aliphatic rings. The summed E-state index contributed by atoms with van der Waals surface area (Å²) < 4.78 is 54.4. The maximum absolute atomic E-state index is 12.7. The highest BCUT2D eigenvalue weighted by atomic mass is 35.5. The summed E-state index contributed by atoms with van der Waals surface area (Å²) in [6.07, 6.45) is 18.1. The van der Waals surface area contributed by atoms with Gasteiger partial charge in [0.15, 0.2) is 11.6 Å². The van der Waals surface area contributed by atoms with Crippen LogP contribution in [-0.4, -0.2) is 235 Å². The number of H-pyrrole nitrogens is 6. The van der Waals surface area contributed by atoms with Crippen molar-refractivity contribution in [2.45, 2.75) is 25.7 Å². The number of nitrogens with zero attached hydrogens (tertiary/aromatic N) is 14. The van der Waals surface area contributed by atoms with E-state index in [4.69, 9.17) is 77.5 Å². The normalized spacial score (nSPS) is 13.8. The van der Waals surface area contributed by atoms with Gasteiger partial charge in [0.1, 0.15) is 47.5 Å². The quantitative estimate of drug-likeness (QED) is 0.0227. The number of imidazole rings is 3. The number of aryl methyl sites for hydroxylation is 2. The Morgan fingerprint density at radius 1 is 0.530 bits per heavy atom. The number of halogens is 6. The Bertz CT molecular complexity index is 4940. The molecule has 3 aliphatic heterocycles. The van der Waals surface area contributed by atoms with Gasteiger partial charge >= 0.3 is 0 Å². The molecule has 3 saturated heterocycles. The fourth-order valence-electron chi connectivity index (χ4n) is 11.5. The van der Waals surface area contributed by atoms with Gasteiger partial charge in [-0.1, -0.05) is 64.1 Å². The number of sulfonamides is 1. The Balaban J connectivity index is 0.000000147. The van der Waals surface area contributed by atoms with Crippen molar-refractivity contribution in [2.24, 2.45) is 0 Å². The summed E-state index contributed by atoms with van der Waals surface area (Å²) in [6, 6.07) is 37.9. The van der Waals surface area contributed by atoms with E-state index in [0.717, 1.165) is 191 Å². The van der Waals surface area contributed by atoms with Crippen LogP contribution in [0.4, 0.5) is 73.4 Å². The first kappa shape index (κ1) is 87.0. The van der Waals surface area contributed by atoms with Crippen LogP contribution in [0.5, 0.6) is 5.75 Å². The number of hydrogen-bond acceptors (Lipinski definition) is 24. The zero-order chi connectivity index (χ0) is 81.0. The second kappa shape index (κ2) is 46.2. The summed E-state index contributed by atoms with van der Waals surface area (Å²) in [4.78, 5) is 30.2. The van der Waals surface area contributed by atoms with Crippen LogP contribution < -0.4 is 36.6 Å². The number of ether oxygens (including phenoxy) is 3. The van der Waals surface area contributed by atoms with Crippen molar-refractivity contribution in [2.75, 3.05) is 164 Å². The average molecular weight is 1690 g/mol. The van der Waals surface area contributed by atoms with E-state index >= 15 is 0 Å². The van der Waals surface area contributed by atoms with Gasteiger partial charge in [-0.2, -0.15) is 31.0 Å². The van der Waals surface area contributed by atoms with E-state index in [1.807, 2.05) is 66.7 Å². The Hall–Kier alpha value is -10.4. The third-order valence-corrected chi connectivity index (χ3v) is 20.9. The molecule has 0 unspecified atom stereocenters. The van der Waals surface area contributed by atoms with Crippen LogP contribution in [0.2, 0.25) is 25.1 Å². The molecule has 15 rings (SSSR count). The van der Waals surface area contributed by atoms with Crippen LogP contribution in [0, 0.1) is 17.1 Å². The molecule has 0 aliphatic carbocycles. The van der Waals surface area contributed by atoms with Crippen molar-refractivity contribution in [3.63, 3.8) is 0 Å². The number of piperazine rings is 1. The van der Waals surface area contributed by atoms with E-state index in [1.165, 1.54) is 41.7 Å². The number of nitrogens with one attached hydrogen (secondary N) is 12. The summed E-state index contributed by atoms with van der Waals surface area (Å²) in [7, 11) is 1.96. The van der Waals surface area contributed by atoms with Gasteiger partial charge in [-0.05, 0) is 159 Å². The maximum atomic E-state index is 12.7. The minimum Gasteiger partial charge on any atom is -0.490 e. The largest absolute Gasteiger partial charge is 0.490 e. The van der Waals surface area contributed by atoms with Gasteiger partial charge in [-0.3, -0.25) is 19.8 Å². The fraction of sp³-hybridized carbons (Fsp3) is 0.312. The van der Waals surface area contributed by atoms with Gasteiger partial charge in [0.25, 0.3) is 0 Å². The predicted octanol–water partition coefficient (Wildman–Crippen LogP) is 14.2. The molecule has 12 N–H and O–H groups in total. The maximum Gasteiger partial charge on any atom is 0.213 e. The first-order chi connectivity index (χ1) is 55.8. The van der Waals surface area contributed by atoms with E-state index in [9.17, 15) is 12.8 Å². The van der Waals surface area contributed by atoms with Gasteiger partial charge in [0.05, 0.1) is 105 Å². The smallest absolute Gasteiger partial charge is 0.213 e. The Morgan fingerprint density at radius 3 is 1.56 bits per heavy atom. The van der Waals surface area contributed by atoms with Crippen molar-refractivity contribution in [1.82, 2.24) is 94.8 Å². The molecule has 31 nitrogen and oxygen atoms in total. The molecule has 0 amide bonds. The topological polar surface area (TPSA) is 372 Å². The second-order valence-electron chi connectivity index (χ2n) is 26.3. The summed E-state index contributed by atoms with van der Waals surface area (Å²) in [5.41, 5.74) is 8.90. The van der Waals surface area contributed by atoms with Crippen molar-refractivity contribution in [3.8, 4) is 11.8 Å². The molecule has 0 bridgehead atoms. The molecule has 6 aromatic heterocycles. The average Bonchev–Trinajstić information content (AvgIpc) is 1.81. The number of rotatable bonds is 27. The Labute approximate surface area is 691 Å². The lowest BCUT2D eigenvalue weighted by molar-refractivity contribution is 0.0375. The van der Waals surface area contributed by atoms with Gasteiger partial charge in [0, 0.05) is 140 Å². The monoisotopic (exact) mass is 1690 g/mol. The number of aromatic nitrogens is 14. The second-order valence-corrected chi connectivity index (χ2v) is 30.7. The number of benzene rings is 6. The van der Waals surface area contributed by atoms with Crippen LogP contribution in [0.3, 0.4) is 0 Å². The lowest BCUT2D eigenvalue weighted by Gasteiger charge is -2.32. The molecule has 0 saturated carbocycles. The zero-order valence-corrected chi connectivity index (χ0v) is 68.2. The minimum absolute atomic E-state index is 0.0258. The molecule has 3 fully saturated rings. The number of anilines is 12. The minimum atomic E-state index is -3.25. The molecule has 0 atom stereocenters. The van der Waals surface area contributed by atoms with E-state index in [-0.39, 0.29) is 11.6 Å². The fourth-order valence-corrected chi connectivity index (χ4v) is 13.3. The van der Waals surface area contributed by atoms with Crippen molar-refractivity contribution >= 4 is 137 Å². The highest BCUT2D eigenvalue weighted by Crippen LogP contribution is 2.32. The van der Waals surface area contributed by atoms with Gasteiger partial charge in [-0.15, -0.1) is 10.2 Å². The van der Waals surface area contributed by atoms with Crippen LogP contribution in [0.1, 0.15) is 28.7 Å². The summed E-state index contributed by atoms with van der Waals surface area (Å²) in [5.74, 6) is 4.94. The van der Waals surface area contributed by atoms with Gasteiger partial charge in [0.2, 0.25) is 10.0 Å². The lowest BCUT2D eigenvalue weighted by Crippen LogP contribution is -2.45. The molecule has 38 heteroatoms. The van der Waals surface area contributed by atoms with Crippen molar-refractivity contribution in [3.05, 3.63) is 231 Å². The van der Waals surface area contributed by atoms with Gasteiger partial charge < -0.3 is 66.0 Å². The van der Waals surface area contributed by atoms with E-state index in [2.05, 4.69) is 129 Å². The molecular formula is C77H92Cl5FN26O5S. The summed E-state index contributed by atoms with van der Waals surface area (Å²) >= 11 is 30.2.